The molecule has 0 aliphatic heterocycles. The highest BCUT2D eigenvalue weighted by molar-refractivity contribution is 7.85. The van der Waals surface area contributed by atoms with Crippen molar-refractivity contribution in [3.05, 3.63) is 164 Å². The van der Waals surface area contributed by atoms with Crippen LogP contribution in [0.4, 0.5) is 0 Å². The van der Waals surface area contributed by atoms with E-state index in [1.54, 1.807) is 0 Å². The molecule has 9 aromatic carbocycles. The van der Waals surface area contributed by atoms with E-state index in [1.807, 2.05) is 30.3 Å². The largest absolute Gasteiger partial charge is 0.309 e. The van der Waals surface area contributed by atoms with Gasteiger partial charge >= 0.3 is 0 Å². The van der Waals surface area contributed by atoms with E-state index in [4.69, 9.17) is 0 Å². The quantitative estimate of drug-likeness (QED) is 0.151. The van der Waals surface area contributed by atoms with Crippen molar-refractivity contribution in [3.8, 4) is 0 Å². The zero-order chi connectivity index (χ0) is 29.3. The topological polar surface area (TPSA) is 17.1 Å². The first kappa shape index (κ1) is 25.3. The molecule has 0 N–H and O–H groups in total. The van der Waals surface area contributed by atoms with Crippen LogP contribution in [0.5, 0.6) is 0 Å². The Morgan fingerprint density at radius 3 is 0.932 bits per heavy atom. The van der Waals surface area contributed by atoms with E-state index < -0.39 is 7.14 Å². The molecular formula is C42H27OP. The van der Waals surface area contributed by atoms with Crippen molar-refractivity contribution in [2.24, 2.45) is 0 Å². The van der Waals surface area contributed by atoms with Gasteiger partial charge in [0.05, 0.1) is 0 Å². The zero-order valence-corrected chi connectivity index (χ0v) is 24.8. The number of fused-ring (bicyclic) bond motifs is 6. The smallest absolute Gasteiger partial charge is 0.171 e. The van der Waals surface area contributed by atoms with Crippen molar-refractivity contribution in [2.45, 2.75) is 0 Å². The predicted molar refractivity (Wildman–Crippen MR) is 191 cm³/mol. The van der Waals surface area contributed by atoms with Gasteiger partial charge in [-0.05, 0) is 125 Å². The van der Waals surface area contributed by atoms with Gasteiger partial charge < -0.3 is 4.57 Å². The molecule has 0 aromatic heterocycles. The summed E-state index contributed by atoms with van der Waals surface area (Å²) in [6, 6.07) is 57.7. The van der Waals surface area contributed by atoms with Gasteiger partial charge in [-0.1, -0.05) is 103 Å². The number of hydrogen-bond acceptors (Lipinski definition) is 1. The van der Waals surface area contributed by atoms with Gasteiger partial charge in [0.2, 0.25) is 0 Å². The van der Waals surface area contributed by atoms with Crippen LogP contribution in [0.25, 0.3) is 64.6 Å². The SMILES string of the molecule is O=P(c1ccccc1)(c1ccc2cc3cc4ccccc4cc3cc2c1)c1ccc2cc3cc4ccccc4cc3cc2c1. The van der Waals surface area contributed by atoms with E-state index in [1.165, 1.54) is 43.1 Å². The number of rotatable bonds is 3. The summed E-state index contributed by atoms with van der Waals surface area (Å²) in [7, 11) is -3.18. The Kier molecular flexibility index (Phi) is 5.54. The molecule has 2 heteroatoms. The first-order valence-electron chi connectivity index (χ1n) is 15.0. The molecule has 1 nitrogen and oxygen atoms in total. The fourth-order valence-corrected chi connectivity index (χ4v) is 9.53. The lowest BCUT2D eigenvalue weighted by atomic mass is 10.00. The first-order chi connectivity index (χ1) is 21.6. The second-order valence-electron chi connectivity index (χ2n) is 11.8. The second kappa shape index (κ2) is 9.64. The van der Waals surface area contributed by atoms with Crippen molar-refractivity contribution in [3.63, 3.8) is 0 Å². The van der Waals surface area contributed by atoms with E-state index in [-0.39, 0.29) is 0 Å². The van der Waals surface area contributed by atoms with Crippen molar-refractivity contribution < 1.29 is 4.57 Å². The molecule has 9 aromatic rings. The summed E-state index contributed by atoms with van der Waals surface area (Å²) >= 11 is 0. The van der Waals surface area contributed by atoms with Crippen LogP contribution in [-0.2, 0) is 4.57 Å². The molecule has 0 amide bonds. The highest BCUT2D eigenvalue weighted by Gasteiger charge is 2.30. The lowest BCUT2D eigenvalue weighted by molar-refractivity contribution is 0.592. The van der Waals surface area contributed by atoms with Gasteiger partial charge in [0.1, 0.15) is 0 Å². The van der Waals surface area contributed by atoms with E-state index in [0.717, 1.165) is 37.5 Å². The Labute approximate surface area is 255 Å². The first-order valence-corrected chi connectivity index (χ1v) is 16.7. The van der Waals surface area contributed by atoms with Crippen LogP contribution in [-0.4, -0.2) is 0 Å². The Balaban J connectivity index is 1.25. The molecule has 0 aliphatic carbocycles. The van der Waals surface area contributed by atoms with Crippen molar-refractivity contribution in [1.82, 2.24) is 0 Å². The van der Waals surface area contributed by atoms with Gasteiger partial charge in [0.15, 0.2) is 7.14 Å². The molecule has 206 valence electrons. The summed E-state index contributed by atoms with van der Waals surface area (Å²) in [5.41, 5.74) is 0. The third-order valence-corrected chi connectivity index (χ3v) is 12.2. The lowest BCUT2D eigenvalue weighted by Crippen LogP contribution is -2.25. The van der Waals surface area contributed by atoms with Crippen LogP contribution >= 0.6 is 7.14 Å². The molecule has 0 fully saturated rings. The summed E-state index contributed by atoms with van der Waals surface area (Å²) in [4.78, 5) is 0. The van der Waals surface area contributed by atoms with E-state index >= 15 is 4.57 Å². The number of hydrogen-bond donors (Lipinski definition) is 0. The summed E-state index contributed by atoms with van der Waals surface area (Å²) < 4.78 is 15.6. The minimum atomic E-state index is -3.18. The molecule has 0 heterocycles. The maximum atomic E-state index is 15.6. The Morgan fingerprint density at radius 1 is 0.250 bits per heavy atom. The van der Waals surface area contributed by atoms with E-state index in [2.05, 4.69) is 133 Å². The lowest BCUT2D eigenvalue weighted by Gasteiger charge is -2.21. The van der Waals surface area contributed by atoms with Crippen LogP contribution in [0.2, 0.25) is 0 Å². The minimum absolute atomic E-state index is 0.845. The molecule has 0 spiro atoms. The Morgan fingerprint density at radius 2 is 0.545 bits per heavy atom. The predicted octanol–water partition coefficient (Wildman–Crippen LogP) is 10.2. The molecular weight excluding hydrogens is 551 g/mol. The Hall–Kier alpha value is -5.23. The van der Waals surface area contributed by atoms with Gasteiger partial charge in [-0.15, -0.1) is 0 Å². The summed E-state index contributed by atoms with van der Waals surface area (Å²) in [5, 5.41) is 16.8. The molecule has 0 saturated carbocycles. The summed E-state index contributed by atoms with van der Waals surface area (Å²) in [6.45, 7) is 0. The van der Waals surface area contributed by atoms with Gasteiger partial charge in [-0.2, -0.15) is 0 Å². The minimum Gasteiger partial charge on any atom is -0.309 e. The maximum absolute atomic E-state index is 15.6. The second-order valence-corrected chi connectivity index (χ2v) is 14.6. The van der Waals surface area contributed by atoms with E-state index in [0.29, 0.717) is 0 Å². The highest BCUT2D eigenvalue weighted by Crippen LogP contribution is 2.44. The molecule has 9 rings (SSSR count). The standard InChI is InChI=1S/C42H27OP/c43-44(40-12-2-1-3-13-40,41-16-14-32-22-34-18-28-8-4-6-10-30(28)20-36(34)24-38(32)26-41)42-17-15-33-23-35-19-29-9-5-7-11-31(29)21-37(35)25-39(33)27-42/h1-27H. The molecule has 44 heavy (non-hydrogen) atoms. The number of benzene rings is 9. The van der Waals surface area contributed by atoms with Gasteiger partial charge in [-0.25, -0.2) is 0 Å². The van der Waals surface area contributed by atoms with E-state index in [9.17, 15) is 0 Å². The normalized spacial score (nSPS) is 12.2. The van der Waals surface area contributed by atoms with Crippen LogP contribution in [0, 0.1) is 0 Å². The van der Waals surface area contributed by atoms with Gasteiger partial charge in [0.25, 0.3) is 0 Å². The molecule has 0 aliphatic rings. The van der Waals surface area contributed by atoms with Crippen LogP contribution < -0.4 is 15.9 Å². The Bertz CT molecular complexity index is 2470. The zero-order valence-electron chi connectivity index (χ0n) is 23.9. The van der Waals surface area contributed by atoms with Crippen LogP contribution in [0.1, 0.15) is 0 Å². The van der Waals surface area contributed by atoms with Gasteiger partial charge in [0, 0.05) is 15.9 Å². The fraction of sp³-hybridized carbons (Fsp3) is 0. The average Bonchev–Trinajstić information content (AvgIpc) is 3.07. The third kappa shape index (κ3) is 3.98. The summed E-state index contributed by atoms with van der Waals surface area (Å²) in [5.74, 6) is 0. The van der Waals surface area contributed by atoms with Crippen LogP contribution in [0.15, 0.2) is 164 Å². The highest BCUT2D eigenvalue weighted by atomic mass is 31.2. The summed E-state index contributed by atoms with van der Waals surface area (Å²) in [6.07, 6.45) is 0. The average molecular weight is 579 g/mol. The van der Waals surface area contributed by atoms with Crippen molar-refractivity contribution >= 4 is 87.7 Å². The molecule has 0 unspecified atom stereocenters. The molecule has 0 saturated heterocycles. The van der Waals surface area contributed by atoms with Gasteiger partial charge in [-0.3, -0.25) is 0 Å². The molecule has 0 atom stereocenters. The molecule has 0 radical (unpaired) electrons. The van der Waals surface area contributed by atoms with Crippen LogP contribution in [0.3, 0.4) is 0 Å². The maximum Gasteiger partial charge on any atom is 0.171 e. The third-order valence-electron chi connectivity index (χ3n) is 9.13. The fourth-order valence-electron chi connectivity index (χ4n) is 6.84. The molecule has 0 bridgehead atoms. The van der Waals surface area contributed by atoms with Crippen molar-refractivity contribution in [1.29, 1.82) is 0 Å². The van der Waals surface area contributed by atoms with Crippen molar-refractivity contribution in [2.75, 3.05) is 0 Å². The monoisotopic (exact) mass is 578 g/mol.